The van der Waals surface area contributed by atoms with Crippen molar-refractivity contribution >= 4 is 18.5 Å². The largest absolute Gasteiger partial charge is 0.445 e. The van der Waals surface area contributed by atoms with Gasteiger partial charge in [-0.2, -0.15) is 0 Å². The summed E-state index contributed by atoms with van der Waals surface area (Å²) in [6.45, 7) is 11.1. The van der Waals surface area contributed by atoms with Crippen LogP contribution in [0.2, 0.25) is 0 Å². The molecule has 12 aliphatic rings. The van der Waals surface area contributed by atoms with Gasteiger partial charge in [0.1, 0.15) is 101 Å². The van der Waals surface area contributed by atoms with Gasteiger partial charge in [-0.25, -0.2) is 9.59 Å². The van der Waals surface area contributed by atoms with Gasteiger partial charge in [0.15, 0.2) is 0 Å². The molecule has 0 spiro atoms. The summed E-state index contributed by atoms with van der Waals surface area (Å²) in [5.41, 5.74) is 5.06. The Labute approximate surface area is 681 Å². The molecule has 0 radical (unpaired) electrons. The number of benzene rings is 4. The van der Waals surface area contributed by atoms with Gasteiger partial charge in [-0.3, -0.25) is 29.4 Å². The molecular formula is C84H124N6O26. The number of aliphatic hydroxyl groups is 3. The number of likely N-dealkylation sites (N-methyl/N-ethyl adjacent to an activating group) is 4. The van der Waals surface area contributed by atoms with E-state index in [0.717, 1.165) is 47.2 Å². The molecule has 12 heterocycles. The normalized spacial score (nSPS) is 32.2. The minimum atomic E-state index is -1.05. The molecule has 0 saturated carbocycles. The molecule has 2 amide bonds. The van der Waals surface area contributed by atoms with Crippen molar-refractivity contribution in [3.63, 3.8) is 0 Å². The number of methoxy groups -OCH3 is 10. The van der Waals surface area contributed by atoms with Gasteiger partial charge < -0.3 is 115 Å². The minimum absolute atomic E-state index is 0. The zero-order chi connectivity index (χ0) is 82.4. The smallest absolute Gasteiger partial charge is 0.410 e. The summed E-state index contributed by atoms with van der Waals surface area (Å²) in [6.07, 6.45) is -2.65. The van der Waals surface area contributed by atoms with Crippen molar-refractivity contribution in [3.05, 3.63) is 156 Å². The average Bonchev–Trinajstić information content (AvgIpc) is 1.62. The quantitative estimate of drug-likeness (QED) is 0.0567. The molecule has 12 aliphatic heterocycles. The highest BCUT2D eigenvalue weighted by atomic mass is 16.8. The predicted octanol–water partition coefficient (Wildman–Crippen LogP) is 4.06. The Hall–Kier alpha value is -6.17. The molecule has 0 unspecified atom stereocenters. The van der Waals surface area contributed by atoms with Crippen LogP contribution in [0.3, 0.4) is 0 Å². The number of aliphatic hydroxyl groups excluding tert-OH is 3. The Kier molecular flexibility index (Phi) is 32.9. The molecular weight excluding hydrogens is 1510 g/mol. The summed E-state index contributed by atoms with van der Waals surface area (Å²) < 4.78 is 112. The van der Waals surface area contributed by atoms with Crippen LogP contribution >= 0.6 is 0 Å². The van der Waals surface area contributed by atoms with Crippen LogP contribution < -0.4 is 0 Å². The Morgan fingerprint density at radius 2 is 0.802 bits per heavy atom. The number of amides is 2. The van der Waals surface area contributed by atoms with E-state index in [1.54, 1.807) is 80.9 Å². The molecule has 18 atom stereocenters. The second-order valence-electron chi connectivity index (χ2n) is 30.8. The summed E-state index contributed by atoms with van der Waals surface area (Å²) >= 11 is 0. The molecule has 0 bridgehead atoms. The number of hydrogen-bond acceptors (Lipinski definition) is 30. The van der Waals surface area contributed by atoms with Crippen LogP contribution in [0.25, 0.3) is 0 Å². The molecule has 0 aliphatic carbocycles. The van der Waals surface area contributed by atoms with Gasteiger partial charge in [0.2, 0.25) is 28.9 Å². The summed E-state index contributed by atoms with van der Waals surface area (Å²) in [5, 5.41) is 29.3. The highest BCUT2D eigenvalue weighted by molar-refractivity contribution is 5.70. The third-order valence-corrected chi connectivity index (χ3v) is 24.4. The number of fused-ring (bicyclic) bond motifs is 6. The number of carbonyl (C=O) groups excluding carboxylic acids is 3. The van der Waals surface area contributed by atoms with Gasteiger partial charge in [0, 0.05) is 110 Å². The molecule has 646 valence electrons. The molecule has 12 fully saturated rings. The first-order valence-electron chi connectivity index (χ1n) is 38.9. The Morgan fingerprint density at radius 1 is 0.431 bits per heavy atom. The van der Waals surface area contributed by atoms with Gasteiger partial charge in [0.25, 0.3) is 0 Å². The fourth-order valence-electron chi connectivity index (χ4n) is 18.3. The van der Waals surface area contributed by atoms with Crippen molar-refractivity contribution in [1.82, 2.24) is 29.4 Å². The maximum Gasteiger partial charge on any atom is 0.410 e. The van der Waals surface area contributed by atoms with Crippen LogP contribution in [0, 0.1) is 11.8 Å². The third-order valence-electron chi connectivity index (χ3n) is 24.4. The van der Waals surface area contributed by atoms with Crippen molar-refractivity contribution in [1.29, 1.82) is 0 Å². The standard InChI is InChI=1S/C23H27NO6.C21H23NO5.C10H19NO4.C10H17NO4.C10H17NO3.C9H17NO4.CH4/c1-26-23(27-2)16-30-20-19(28-14-17-9-5-3-6-10-17)13-24(21(20)23)22(25)29-15-18-11-7-4-8-12-18;23-17-14-26-20-18(25-12-15-7-3-1-4-8-15)11-22(19(17)20)21(24)27-13-16-9-5-2-6-10-16;2*1-11-4-7(5-12)8-9(11)10(13-2,14-3)6-15-8;1-7-5-11(2)9-8(7)14-6-10(9,12-3)13-4;1-10-4-6(11)7-8(10)9(12-2,13-3)5-14-7;/h3-12,19-21H,13-16H2,1-2H3;1-10,17-20,23H,11-14H2;7-9,12H,4-6H2,1-3H3;5,7-9H,4,6H2,1-3H3;8-9H,1,5-6H2,2-4H3;6-8,11H,4-5H2,1-3H3;1H4/t19-,20-,21+;17-,18+,19+,20+;2*7-,8+,9-;8-,9+;6-,7-,8+;/m100011./s1. The van der Waals surface area contributed by atoms with Crippen molar-refractivity contribution in [3.8, 4) is 0 Å². The van der Waals surface area contributed by atoms with E-state index >= 15 is 0 Å². The number of nitrogens with zero attached hydrogens (tertiary/aromatic N) is 6. The first-order valence-corrected chi connectivity index (χ1v) is 38.9. The number of rotatable bonds is 22. The lowest BCUT2D eigenvalue weighted by molar-refractivity contribution is -0.225. The zero-order valence-electron chi connectivity index (χ0n) is 68.7. The molecule has 4 aromatic rings. The fraction of sp³-hybridized carbons (Fsp3) is 0.655. The van der Waals surface area contributed by atoms with Gasteiger partial charge >= 0.3 is 12.2 Å². The third kappa shape index (κ3) is 19.3. The molecule has 0 aromatic heterocycles. The summed E-state index contributed by atoms with van der Waals surface area (Å²) in [5.74, 6) is -3.73. The number of aldehydes is 1. The number of ether oxygens (including phenoxy) is 20. The van der Waals surface area contributed by atoms with Gasteiger partial charge in [-0.1, -0.05) is 135 Å². The van der Waals surface area contributed by atoms with Crippen LogP contribution in [-0.2, 0) is 126 Å². The minimum Gasteiger partial charge on any atom is -0.445 e. The lowest BCUT2D eigenvalue weighted by Gasteiger charge is -2.35. The summed E-state index contributed by atoms with van der Waals surface area (Å²) in [6, 6.07) is 38.1. The van der Waals surface area contributed by atoms with E-state index in [0.29, 0.717) is 65.8 Å². The van der Waals surface area contributed by atoms with Crippen molar-refractivity contribution in [2.45, 2.75) is 160 Å². The summed E-state index contributed by atoms with van der Waals surface area (Å²) in [7, 11) is 24.1. The average molecular weight is 1630 g/mol. The van der Waals surface area contributed by atoms with Crippen molar-refractivity contribution in [2.75, 3.05) is 185 Å². The van der Waals surface area contributed by atoms with E-state index in [4.69, 9.17) is 94.7 Å². The first-order chi connectivity index (χ1) is 55.5. The molecule has 116 heavy (non-hydrogen) atoms. The van der Waals surface area contributed by atoms with Crippen LogP contribution in [-0.4, -0.2) is 374 Å². The monoisotopic (exact) mass is 1630 g/mol. The van der Waals surface area contributed by atoms with E-state index in [1.807, 2.05) is 154 Å². The summed E-state index contributed by atoms with van der Waals surface area (Å²) in [4.78, 5) is 48.1. The molecule has 4 aromatic carbocycles. The van der Waals surface area contributed by atoms with Gasteiger partial charge in [-0.05, 0) is 56.0 Å². The van der Waals surface area contributed by atoms with Crippen LogP contribution in [0.1, 0.15) is 29.7 Å². The second kappa shape index (κ2) is 41.4. The van der Waals surface area contributed by atoms with E-state index in [2.05, 4.69) is 21.3 Å². The van der Waals surface area contributed by atoms with Gasteiger partial charge in [0.05, 0.1) is 87.3 Å². The van der Waals surface area contributed by atoms with E-state index in [9.17, 15) is 29.7 Å². The van der Waals surface area contributed by atoms with Crippen molar-refractivity contribution < 1.29 is 124 Å². The number of hydrogen-bond donors (Lipinski definition) is 3. The Balaban J connectivity index is 0.000000151. The van der Waals surface area contributed by atoms with Crippen molar-refractivity contribution in [2.24, 2.45) is 11.8 Å². The van der Waals surface area contributed by atoms with Crippen LogP contribution in [0.4, 0.5) is 9.59 Å². The lowest BCUT2D eigenvalue weighted by atomic mass is 10.00. The van der Waals surface area contributed by atoms with Crippen LogP contribution in [0.15, 0.2) is 133 Å². The van der Waals surface area contributed by atoms with Gasteiger partial charge in [-0.15, -0.1) is 0 Å². The molecule has 3 N–H and O–H groups in total. The fourth-order valence-corrected chi connectivity index (χ4v) is 18.3. The van der Waals surface area contributed by atoms with E-state index in [-0.39, 0.29) is 125 Å². The molecule has 12 saturated heterocycles. The molecule has 16 rings (SSSR count). The molecule has 32 heteroatoms. The number of carbonyl (C=O) groups is 3. The number of likely N-dealkylation sites (tertiary alicyclic amines) is 6. The highest BCUT2D eigenvalue weighted by Crippen LogP contribution is 2.45. The maximum absolute atomic E-state index is 13.0. The second-order valence-corrected chi connectivity index (χ2v) is 30.8. The SMILES string of the molecule is C.C=C1CN(C)[C@H]2[C@@H]1OCC2(OC)OC.COC1(OC)CO[C@@H]2[C@H](C=O)CN(C)[C@@H]21.COC1(OC)CO[C@@H]2[C@H](CO)CN(C)[C@@H]21.COC1(OC)CO[C@@H]2[C@H](O)CN(C)[C@@H]21.COC1(OC)CO[C@H]2[C@@H]1N(C(=O)OCc1ccccc1)C[C@H]2OCc1ccccc1.O=C(OCc1ccccc1)N1C[C@@H](OCc2ccccc2)[C@H]2OC[C@H](O)[C@H]21. The lowest BCUT2D eigenvalue weighted by Crippen LogP contribution is -2.55. The topological polar surface area (TPSA) is 316 Å². The molecule has 32 nitrogen and oxygen atoms in total. The maximum atomic E-state index is 13.0. The zero-order valence-corrected chi connectivity index (χ0v) is 68.7. The Morgan fingerprint density at radius 3 is 1.27 bits per heavy atom. The van der Waals surface area contributed by atoms with E-state index < -0.39 is 65.4 Å². The van der Waals surface area contributed by atoms with Crippen LogP contribution in [0.5, 0.6) is 0 Å². The number of β-amino-alcohol motifs (C(OH)–C–C–N with tert-alkyl or cyclic N) is 1. The first kappa shape index (κ1) is 92.1. The predicted molar refractivity (Wildman–Crippen MR) is 420 cm³/mol. The van der Waals surface area contributed by atoms with E-state index in [1.165, 1.54) is 0 Å². The Bertz CT molecular complexity index is 3660. The highest BCUT2D eigenvalue weighted by Gasteiger charge is 2.65.